The lowest BCUT2D eigenvalue weighted by Crippen LogP contribution is -2.35. The number of ether oxygens (including phenoxy) is 1. The van der Waals surface area contributed by atoms with E-state index in [0.29, 0.717) is 24.7 Å². The van der Waals surface area contributed by atoms with E-state index in [4.69, 9.17) is 4.74 Å². The number of rotatable bonds is 4. The third kappa shape index (κ3) is 3.57. The van der Waals surface area contributed by atoms with Crippen molar-refractivity contribution >= 4 is 0 Å². The Kier molecular flexibility index (Phi) is 4.64. The average molecular weight is 363 g/mol. The van der Waals surface area contributed by atoms with Crippen molar-refractivity contribution in [3.8, 4) is 22.9 Å². The predicted molar refractivity (Wildman–Crippen MR) is 103 cm³/mol. The molecular formula is C21H21N3O3. The van der Waals surface area contributed by atoms with Gasteiger partial charge in [-0.3, -0.25) is 9.69 Å². The van der Waals surface area contributed by atoms with Gasteiger partial charge in [-0.2, -0.15) is 0 Å². The molecule has 27 heavy (non-hydrogen) atoms. The van der Waals surface area contributed by atoms with Crippen LogP contribution in [-0.2, 0) is 19.5 Å². The number of H-pyrrole nitrogens is 1. The number of aromatic amines is 1. The van der Waals surface area contributed by atoms with Gasteiger partial charge in [0.15, 0.2) is 11.5 Å². The van der Waals surface area contributed by atoms with Crippen molar-refractivity contribution in [2.45, 2.75) is 19.5 Å². The molecule has 1 aromatic heterocycles. The highest BCUT2D eigenvalue weighted by Gasteiger charge is 2.21. The van der Waals surface area contributed by atoms with Crippen molar-refractivity contribution in [2.24, 2.45) is 0 Å². The molecule has 0 radical (unpaired) electrons. The fourth-order valence-corrected chi connectivity index (χ4v) is 3.44. The zero-order valence-electron chi connectivity index (χ0n) is 15.1. The van der Waals surface area contributed by atoms with Crippen LogP contribution in [0.25, 0.3) is 11.4 Å². The van der Waals surface area contributed by atoms with E-state index in [-0.39, 0.29) is 11.3 Å². The molecule has 4 rings (SSSR count). The van der Waals surface area contributed by atoms with Gasteiger partial charge in [-0.05, 0) is 17.7 Å². The highest BCUT2D eigenvalue weighted by Crippen LogP contribution is 2.27. The van der Waals surface area contributed by atoms with Gasteiger partial charge in [0.05, 0.1) is 18.4 Å². The molecule has 0 saturated carbocycles. The summed E-state index contributed by atoms with van der Waals surface area (Å²) in [7, 11) is 1.53. The smallest absolute Gasteiger partial charge is 0.255 e. The van der Waals surface area contributed by atoms with Crippen LogP contribution < -0.4 is 10.3 Å². The third-order valence-electron chi connectivity index (χ3n) is 4.84. The number of nitrogens with one attached hydrogen (secondary N) is 1. The second-order valence-electron chi connectivity index (χ2n) is 6.67. The van der Waals surface area contributed by atoms with E-state index in [1.54, 1.807) is 12.1 Å². The summed E-state index contributed by atoms with van der Waals surface area (Å²) >= 11 is 0. The minimum absolute atomic E-state index is 0.0823. The molecule has 6 heteroatoms. The number of benzene rings is 2. The highest BCUT2D eigenvalue weighted by molar-refractivity contribution is 5.54. The zero-order valence-corrected chi connectivity index (χ0v) is 15.1. The minimum Gasteiger partial charge on any atom is -0.504 e. The summed E-state index contributed by atoms with van der Waals surface area (Å²) in [5, 5.41) is 9.95. The lowest BCUT2D eigenvalue weighted by molar-refractivity contribution is 0.241. The van der Waals surface area contributed by atoms with E-state index < -0.39 is 0 Å². The van der Waals surface area contributed by atoms with Crippen LogP contribution in [0, 0.1) is 0 Å². The fraction of sp³-hybridized carbons (Fsp3) is 0.238. The first-order valence-corrected chi connectivity index (χ1v) is 8.90. The van der Waals surface area contributed by atoms with Crippen LogP contribution in [0.3, 0.4) is 0 Å². The Labute approximate surface area is 157 Å². The molecule has 0 amide bonds. The lowest BCUT2D eigenvalue weighted by Gasteiger charge is -2.27. The van der Waals surface area contributed by atoms with E-state index in [1.165, 1.54) is 7.11 Å². The molecule has 2 N–H and O–H groups in total. The summed E-state index contributed by atoms with van der Waals surface area (Å²) in [6.07, 6.45) is 0.723. The number of hydrogen-bond donors (Lipinski definition) is 2. The van der Waals surface area contributed by atoms with Crippen molar-refractivity contribution in [1.82, 2.24) is 14.9 Å². The monoisotopic (exact) mass is 363 g/mol. The summed E-state index contributed by atoms with van der Waals surface area (Å²) < 4.78 is 5.08. The van der Waals surface area contributed by atoms with Crippen molar-refractivity contribution in [3.63, 3.8) is 0 Å². The Morgan fingerprint density at radius 1 is 1.22 bits per heavy atom. The molecule has 0 fully saturated rings. The number of aromatic hydroxyl groups is 1. The van der Waals surface area contributed by atoms with Crippen molar-refractivity contribution in [1.29, 1.82) is 0 Å². The van der Waals surface area contributed by atoms with Gasteiger partial charge in [-0.1, -0.05) is 36.4 Å². The first-order valence-electron chi connectivity index (χ1n) is 8.90. The van der Waals surface area contributed by atoms with Crippen molar-refractivity contribution in [2.75, 3.05) is 13.7 Å². The molecule has 6 nitrogen and oxygen atoms in total. The van der Waals surface area contributed by atoms with Crippen molar-refractivity contribution < 1.29 is 9.84 Å². The van der Waals surface area contributed by atoms with E-state index in [2.05, 4.69) is 14.9 Å². The number of phenolic OH excluding ortho intramolecular Hbond substituents is 1. The third-order valence-corrected chi connectivity index (χ3v) is 4.84. The van der Waals surface area contributed by atoms with Crippen LogP contribution in [0.2, 0.25) is 0 Å². The molecule has 0 bridgehead atoms. The Morgan fingerprint density at radius 3 is 2.78 bits per heavy atom. The summed E-state index contributed by atoms with van der Waals surface area (Å²) in [4.78, 5) is 22.4. The van der Waals surface area contributed by atoms with Gasteiger partial charge < -0.3 is 14.8 Å². The molecular weight excluding hydrogens is 342 g/mol. The minimum atomic E-state index is -0.0823. The molecule has 1 aliphatic heterocycles. The average Bonchev–Trinajstić information content (AvgIpc) is 2.69. The topological polar surface area (TPSA) is 78.5 Å². The SMILES string of the molecule is COc1ccc(CN2CCc3nc(-c4ccccc4)[nH]c(=O)c3C2)cc1O. The maximum atomic E-state index is 12.6. The first-order chi connectivity index (χ1) is 13.1. The number of nitrogens with zero attached hydrogens (tertiary/aromatic N) is 2. The Bertz CT molecular complexity index is 1010. The maximum Gasteiger partial charge on any atom is 0.255 e. The van der Waals surface area contributed by atoms with Crippen LogP contribution in [0.5, 0.6) is 11.5 Å². The van der Waals surface area contributed by atoms with Crippen LogP contribution in [0.1, 0.15) is 16.8 Å². The molecule has 2 heterocycles. The quantitative estimate of drug-likeness (QED) is 0.745. The second-order valence-corrected chi connectivity index (χ2v) is 6.67. The molecule has 0 aliphatic carbocycles. The largest absolute Gasteiger partial charge is 0.504 e. The number of hydrogen-bond acceptors (Lipinski definition) is 5. The molecule has 0 spiro atoms. The molecule has 3 aromatic rings. The van der Waals surface area contributed by atoms with E-state index >= 15 is 0 Å². The summed E-state index contributed by atoms with van der Waals surface area (Å²) in [6.45, 7) is 2.00. The molecule has 0 saturated heterocycles. The maximum absolute atomic E-state index is 12.6. The van der Waals surface area contributed by atoms with E-state index in [0.717, 1.165) is 35.3 Å². The van der Waals surface area contributed by atoms with Gasteiger partial charge in [0.1, 0.15) is 5.82 Å². The van der Waals surface area contributed by atoms with Gasteiger partial charge in [-0.15, -0.1) is 0 Å². The standard InChI is InChI=1S/C21H21N3O3/c1-27-19-8-7-14(11-18(19)25)12-24-10-9-17-16(13-24)21(26)23-20(22-17)15-5-3-2-4-6-15/h2-8,11,25H,9-10,12-13H2,1H3,(H,22,23,26). The Balaban J connectivity index is 1.55. The first kappa shape index (κ1) is 17.3. The molecule has 2 aromatic carbocycles. The van der Waals surface area contributed by atoms with Gasteiger partial charge >= 0.3 is 0 Å². The molecule has 1 aliphatic rings. The van der Waals surface area contributed by atoms with Crippen LogP contribution in [-0.4, -0.2) is 33.6 Å². The number of fused-ring (bicyclic) bond motifs is 1. The number of methoxy groups -OCH3 is 1. The van der Waals surface area contributed by atoms with Gasteiger partial charge in [-0.25, -0.2) is 4.98 Å². The summed E-state index contributed by atoms with van der Waals surface area (Å²) in [6, 6.07) is 15.1. The van der Waals surface area contributed by atoms with Crippen LogP contribution in [0.4, 0.5) is 0 Å². The number of phenols is 1. The van der Waals surface area contributed by atoms with Crippen molar-refractivity contribution in [3.05, 3.63) is 75.7 Å². The number of aromatic nitrogens is 2. The predicted octanol–water partition coefficient (Wildman–Crippen LogP) is 2.71. The molecule has 0 atom stereocenters. The molecule has 138 valence electrons. The Hall–Kier alpha value is -3.12. The lowest BCUT2D eigenvalue weighted by atomic mass is 10.1. The van der Waals surface area contributed by atoms with Gasteiger partial charge in [0.2, 0.25) is 0 Å². The van der Waals surface area contributed by atoms with Crippen LogP contribution >= 0.6 is 0 Å². The molecule has 0 unspecified atom stereocenters. The van der Waals surface area contributed by atoms with E-state index in [1.807, 2.05) is 36.4 Å². The van der Waals surface area contributed by atoms with E-state index in [9.17, 15) is 9.90 Å². The summed E-state index contributed by atoms with van der Waals surface area (Å²) in [5.41, 5.74) is 3.39. The van der Waals surface area contributed by atoms with Crippen LogP contribution in [0.15, 0.2) is 53.3 Å². The second kappa shape index (κ2) is 7.25. The van der Waals surface area contributed by atoms with Gasteiger partial charge in [0, 0.05) is 31.6 Å². The fourth-order valence-electron chi connectivity index (χ4n) is 3.44. The summed E-state index contributed by atoms with van der Waals surface area (Å²) in [5.74, 6) is 1.20. The normalized spacial score (nSPS) is 14.0. The highest BCUT2D eigenvalue weighted by atomic mass is 16.5. The van der Waals surface area contributed by atoms with Gasteiger partial charge in [0.25, 0.3) is 5.56 Å². The zero-order chi connectivity index (χ0) is 18.8. The Morgan fingerprint density at radius 2 is 2.04 bits per heavy atom.